The molecule has 0 radical (unpaired) electrons. The molecule has 0 bridgehead atoms. The fourth-order valence-corrected chi connectivity index (χ4v) is 3.66. The number of benzene rings is 1. The van der Waals surface area contributed by atoms with Gasteiger partial charge in [0.1, 0.15) is 0 Å². The van der Waals surface area contributed by atoms with Crippen molar-refractivity contribution in [1.82, 2.24) is 30.2 Å². The summed E-state index contributed by atoms with van der Waals surface area (Å²) in [5.74, 6) is 2.60. The lowest BCUT2D eigenvalue weighted by atomic mass is 10.0. The Labute approximate surface area is 192 Å². The van der Waals surface area contributed by atoms with E-state index in [9.17, 15) is 4.79 Å². The predicted octanol–water partition coefficient (Wildman–Crippen LogP) is 4.56. The van der Waals surface area contributed by atoms with Crippen LogP contribution in [0.4, 0.5) is 0 Å². The molecule has 168 valence electrons. The van der Waals surface area contributed by atoms with Crippen molar-refractivity contribution in [2.75, 3.05) is 0 Å². The summed E-state index contributed by atoms with van der Waals surface area (Å²) in [6.45, 7) is 6.64. The Bertz CT molecular complexity index is 1270. The van der Waals surface area contributed by atoms with Gasteiger partial charge in [-0.25, -0.2) is 9.67 Å². The van der Waals surface area contributed by atoms with E-state index in [1.807, 2.05) is 31.2 Å². The second-order valence-corrected chi connectivity index (χ2v) is 8.77. The predicted molar refractivity (Wildman–Crippen MR) is 123 cm³/mol. The molecule has 8 nitrogen and oxygen atoms in total. The highest BCUT2D eigenvalue weighted by atomic mass is 16.5. The van der Waals surface area contributed by atoms with Crippen LogP contribution in [-0.4, -0.2) is 30.8 Å². The number of pyridine rings is 1. The molecule has 1 saturated carbocycles. The van der Waals surface area contributed by atoms with E-state index in [1.165, 1.54) is 5.56 Å². The van der Waals surface area contributed by atoms with Crippen LogP contribution in [0.25, 0.3) is 17.3 Å². The molecule has 3 heterocycles. The SMILES string of the molecule is Cc1c(C(=O)NCc2ccc(C(C)C)cc2)cnn1-c1ccc(-c2nc(C3CC3)no2)cn1. The van der Waals surface area contributed by atoms with E-state index >= 15 is 0 Å². The van der Waals surface area contributed by atoms with Crippen LogP contribution in [0.15, 0.2) is 53.3 Å². The normalized spacial score (nSPS) is 13.5. The number of aromatic nitrogens is 5. The second-order valence-electron chi connectivity index (χ2n) is 8.77. The maximum Gasteiger partial charge on any atom is 0.259 e. The minimum atomic E-state index is -0.165. The summed E-state index contributed by atoms with van der Waals surface area (Å²) < 4.78 is 7.01. The van der Waals surface area contributed by atoms with Crippen LogP contribution in [0.1, 0.15) is 71.5 Å². The van der Waals surface area contributed by atoms with Crippen molar-refractivity contribution in [3.05, 3.63) is 77.0 Å². The van der Waals surface area contributed by atoms with Crippen LogP contribution in [0.3, 0.4) is 0 Å². The monoisotopic (exact) mass is 442 g/mol. The lowest BCUT2D eigenvalue weighted by Crippen LogP contribution is -2.23. The van der Waals surface area contributed by atoms with E-state index in [4.69, 9.17) is 4.52 Å². The van der Waals surface area contributed by atoms with Crippen LogP contribution in [0, 0.1) is 6.92 Å². The first-order chi connectivity index (χ1) is 16.0. The van der Waals surface area contributed by atoms with Gasteiger partial charge in [0.15, 0.2) is 11.6 Å². The highest BCUT2D eigenvalue weighted by Crippen LogP contribution is 2.38. The van der Waals surface area contributed by atoms with E-state index in [2.05, 4.69) is 51.5 Å². The Kier molecular flexibility index (Phi) is 5.50. The second kappa shape index (κ2) is 8.61. The third-order valence-electron chi connectivity index (χ3n) is 5.95. The van der Waals surface area contributed by atoms with Crippen molar-refractivity contribution in [2.24, 2.45) is 0 Å². The molecule has 3 aromatic heterocycles. The van der Waals surface area contributed by atoms with Gasteiger partial charge < -0.3 is 9.84 Å². The summed E-state index contributed by atoms with van der Waals surface area (Å²) >= 11 is 0. The maximum absolute atomic E-state index is 12.7. The molecule has 0 saturated heterocycles. The first kappa shape index (κ1) is 21.1. The van der Waals surface area contributed by atoms with E-state index in [-0.39, 0.29) is 5.91 Å². The Balaban J connectivity index is 1.26. The molecule has 1 amide bonds. The Morgan fingerprint density at radius 1 is 1.15 bits per heavy atom. The van der Waals surface area contributed by atoms with Crippen LogP contribution in [0.2, 0.25) is 0 Å². The van der Waals surface area contributed by atoms with Crippen molar-refractivity contribution in [3.63, 3.8) is 0 Å². The van der Waals surface area contributed by atoms with Gasteiger partial charge >= 0.3 is 0 Å². The highest BCUT2D eigenvalue weighted by molar-refractivity contribution is 5.95. The van der Waals surface area contributed by atoms with Crippen LogP contribution >= 0.6 is 0 Å². The molecular formula is C25H26N6O2. The number of rotatable bonds is 7. The molecule has 1 fully saturated rings. The molecule has 5 rings (SSSR count). The van der Waals surface area contributed by atoms with E-state index in [1.54, 1.807) is 17.1 Å². The average molecular weight is 443 g/mol. The van der Waals surface area contributed by atoms with Gasteiger partial charge in [0.2, 0.25) is 0 Å². The number of nitrogens with zero attached hydrogens (tertiary/aromatic N) is 5. The molecule has 1 aliphatic carbocycles. The van der Waals surface area contributed by atoms with Gasteiger partial charge in [0.05, 0.1) is 23.0 Å². The number of carbonyl (C=O) groups excluding carboxylic acids is 1. The molecule has 0 aliphatic heterocycles. The van der Waals surface area contributed by atoms with E-state index in [0.717, 1.165) is 35.5 Å². The van der Waals surface area contributed by atoms with Gasteiger partial charge in [-0.1, -0.05) is 43.3 Å². The van der Waals surface area contributed by atoms with E-state index < -0.39 is 0 Å². The van der Waals surface area contributed by atoms with Crippen molar-refractivity contribution < 1.29 is 9.32 Å². The molecule has 1 aliphatic rings. The summed E-state index contributed by atoms with van der Waals surface area (Å²) in [4.78, 5) is 21.7. The average Bonchev–Trinajstić information content (AvgIpc) is 3.43. The largest absolute Gasteiger partial charge is 0.348 e. The summed E-state index contributed by atoms with van der Waals surface area (Å²) in [7, 11) is 0. The van der Waals surface area contributed by atoms with Gasteiger partial charge in [-0.05, 0) is 48.9 Å². The Hall–Kier alpha value is -3.81. The topological polar surface area (TPSA) is 98.7 Å². The number of carbonyl (C=O) groups is 1. The molecule has 33 heavy (non-hydrogen) atoms. The van der Waals surface area contributed by atoms with Crippen molar-refractivity contribution in [2.45, 2.75) is 52.0 Å². The zero-order chi connectivity index (χ0) is 22.9. The van der Waals surface area contributed by atoms with E-state index in [0.29, 0.717) is 35.7 Å². The van der Waals surface area contributed by atoms with Gasteiger partial charge in [-0.15, -0.1) is 0 Å². The third-order valence-corrected chi connectivity index (χ3v) is 5.95. The fourth-order valence-electron chi connectivity index (χ4n) is 3.66. The minimum absolute atomic E-state index is 0.165. The zero-order valence-corrected chi connectivity index (χ0v) is 18.9. The molecule has 4 aromatic rings. The number of amides is 1. The van der Waals surface area contributed by atoms with Gasteiger partial charge in [-0.2, -0.15) is 10.1 Å². The van der Waals surface area contributed by atoms with Gasteiger partial charge in [0, 0.05) is 18.7 Å². The quantitative estimate of drug-likeness (QED) is 0.451. The van der Waals surface area contributed by atoms with Gasteiger partial charge in [-0.3, -0.25) is 4.79 Å². The van der Waals surface area contributed by atoms with Crippen LogP contribution < -0.4 is 5.32 Å². The fraction of sp³-hybridized carbons (Fsp3) is 0.320. The lowest BCUT2D eigenvalue weighted by Gasteiger charge is -2.08. The van der Waals surface area contributed by atoms with Crippen molar-refractivity contribution in [3.8, 4) is 17.3 Å². The Morgan fingerprint density at radius 2 is 1.94 bits per heavy atom. The van der Waals surface area contributed by atoms with Crippen molar-refractivity contribution >= 4 is 5.91 Å². The van der Waals surface area contributed by atoms with Gasteiger partial charge in [0.25, 0.3) is 11.8 Å². The Morgan fingerprint density at radius 3 is 2.61 bits per heavy atom. The summed E-state index contributed by atoms with van der Waals surface area (Å²) in [6, 6.07) is 12.0. The molecule has 1 aromatic carbocycles. The first-order valence-corrected chi connectivity index (χ1v) is 11.2. The van der Waals surface area contributed by atoms with Crippen LogP contribution in [-0.2, 0) is 6.54 Å². The summed E-state index contributed by atoms with van der Waals surface area (Å²) in [5.41, 5.74) is 4.33. The summed E-state index contributed by atoms with van der Waals surface area (Å²) in [5, 5.41) is 11.4. The van der Waals surface area contributed by atoms with Crippen molar-refractivity contribution in [1.29, 1.82) is 0 Å². The molecule has 0 unspecified atom stereocenters. The smallest absolute Gasteiger partial charge is 0.259 e. The van der Waals surface area contributed by atoms with Crippen LogP contribution in [0.5, 0.6) is 0 Å². The summed E-state index contributed by atoms with van der Waals surface area (Å²) in [6.07, 6.45) is 5.49. The first-order valence-electron chi connectivity index (χ1n) is 11.2. The molecule has 8 heteroatoms. The minimum Gasteiger partial charge on any atom is -0.348 e. The maximum atomic E-state index is 12.7. The number of hydrogen-bond acceptors (Lipinski definition) is 6. The zero-order valence-electron chi connectivity index (χ0n) is 18.9. The third kappa shape index (κ3) is 4.41. The lowest BCUT2D eigenvalue weighted by molar-refractivity contribution is 0.0950. The molecule has 0 atom stereocenters. The number of nitrogens with one attached hydrogen (secondary N) is 1. The molecule has 0 spiro atoms. The molecular weight excluding hydrogens is 416 g/mol. The molecule has 1 N–H and O–H groups in total. The highest BCUT2D eigenvalue weighted by Gasteiger charge is 2.29. The number of hydrogen-bond donors (Lipinski definition) is 1. The standard InChI is InChI=1S/C25H26N6O2/c1-15(2)18-6-4-17(5-7-18)12-27-24(32)21-14-28-31(16(21)3)22-11-10-20(13-26-22)25-29-23(30-33-25)19-8-9-19/h4-7,10-11,13-15,19H,8-9,12H2,1-3H3,(H,27,32).